The Labute approximate surface area is 118 Å². The summed E-state index contributed by atoms with van der Waals surface area (Å²) in [6.07, 6.45) is -5.87. The number of halogens is 3. The molecule has 0 amide bonds. The van der Waals surface area contributed by atoms with Crippen molar-refractivity contribution in [3.63, 3.8) is 0 Å². The van der Waals surface area contributed by atoms with E-state index in [2.05, 4.69) is 4.98 Å². The predicted octanol–water partition coefficient (Wildman–Crippen LogP) is 4.26. The molecule has 0 aliphatic heterocycles. The van der Waals surface area contributed by atoms with Gasteiger partial charge in [0.15, 0.2) is 0 Å². The lowest BCUT2D eigenvalue weighted by Crippen LogP contribution is -2.12. The molecule has 0 bridgehead atoms. The van der Waals surface area contributed by atoms with Crippen LogP contribution in [0.5, 0.6) is 0 Å². The van der Waals surface area contributed by atoms with Gasteiger partial charge in [-0.2, -0.15) is 13.2 Å². The molecule has 0 unspecified atom stereocenters. The number of ketones is 1. The molecule has 0 radical (unpaired) electrons. The summed E-state index contributed by atoms with van der Waals surface area (Å²) in [7, 11) is 0. The topological polar surface area (TPSA) is 30.0 Å². The number of hydrogen-bond donors (Lipinski definition) is 0. The zero-order valence-electron chi connectivity index (χ0n) is 10.5. The van der Waals surface area contributed by atoms with Crippen molar-refractivity contribution >= 4 is 17.1 Å². The summed E-state index contributed by atoms with van der Waals surface area (Å²) in [4.78, 5) is 15.8. The van der Waals surface area contributed by atoms with Crippen LogP contribution in [0.25, 0.3) is 11.3 Å². The number of nitrogens with zero attached hydrogens (tertiary/aromatic N) is 1. The van der Waals surface area contributed by atoms with Crippen molar-refractivity contribution in [1.82, 2.24) is 4.98 Å². The molecule has 0 fully saturated rings. The lowest BCUT2D eigenvalue weighted by molar-refractivity contribution is -0.143. The molecule has 2 nitrogen and oxygen atoms in total. The average molecular weight is 299 g/mol. The van der Waals surface area contributed by atoms with Crippen LogP contribution in [0.3, 0.4) is 0 Å². The number of alkyl halides is 3. The van der Waals surface area contributed by atoms with Crippen molar-refractivity contribution in [2.45, 2.75) is 25.4 Å². The van der Waals surface area contributed by atoms with Gasteiger partial charge in [0, 0.05) is 17.4 Å². The van der Waals surface area contributed by atoms with Crippen LogP contribution in [0, 0.1) is 0 Å². The molecule has 6 heteroatoms. The Morgan fingerprint density at radius 3 is 2.55 bits per heavy atom. The summed E-state index contributed by atoms with van der Waals surface area (Å²) in [6.45, 7) is 0. The molecule has 0 saturated carbocycles. The van der Waals surface area contributed by atoms with Gasteiger partial charge in [0.2, 0.25) is 0 Å². The van der Waals surface area contributed by atoms with Gasteiger partial charge in [0.05, 0.1) is 18.5 Å². The van der Waals surface area contributed by atoms with Crippen molar-refractivity contribution in [2.24, 2.45) is 0 Å². The summed E-state index contributed by atoms with van der Waals surface area (Å²) < 4.78 is 36.0. The third-order valence-electron chi connectivity index (χ3n) is 2.66. The van der Waals surface area contributed by atoms with Crippen LogP contribution in [-0.4, -0.2) is 16.9 Å². The molecule has 0 spiro atoms. The largest absolute Gasteiger partial charge is 0.389 e. The molecule has 1 heterocycles. The molecule has 2 aromatic rings. The first-order valence-electron chi connectivity index (χ1n) is 6.02. The SMILES string of the molecule is O=C(CCC(F)(F)F)Cc1nc(-c2ccccc2)cs1. The first-order chi connectivity index (χ1) is 9.44. The second-order valence-electron chi connectivity index (χ2n) is 4.32. The second-order valence-corrected chi connectivity index (χ2v) is 5.27. The number of carbonyl (C=O) groups excluding carboxylic acids is 1. The van der Waals surface area contributed by atoms with Crippen molar-refractivity contribution in [2.75, 3.05) is 0 Å². The van der Waals surface area contributed by atoms with Gasteiger partial charge in [0.25, 0.3) is 0 Å². The molecule has 106 valence electrons. The minimum atomic E-state index is -4.28. The predicted molar refractivity (Wildman–Crippen MR) is 71.6 cm³/mol. The lowest BCUT2D eigenvalue weighted by atomic mass is 10.1. The van der Waals surface area contributed by atoms with Gasteiger partial charge in [-0.1, -0.05) is 30.3 Å². The highest BCUT2D eigenvalue weighted by molar-refractivity contribution is 7.10. The minimum absolute atomic E-state index is 0.0341. The summed E-state index contributed by atoms with van der Waals surface area (Å²) in [5, 5.41) is 2.36. The highest BCUT2D eigenvalue weighted by Crippen LogP contribution is 2.24. The number of benzene rings is 1. The van der Waals surface area contributed by atoms with E-state index in [9.17, 15) is 18.0 Å². The van der Waals surface area contributed by atoms with Crippen LogP contribution in [0.15, 0.2) is 35.7 Å². The fourth-order valence-electron chi connectivity index (χ4n) is 1.67. The zero-order chi connectivity index (χ0) is 14.6. The van der Waals surface area contributed by atoms with Crippen LogP contribution in [-0.2, 0) is 11.2 Å². The maximum Gasteiger partial charge on any atom is 0.389 e. The normalized spacial score (nSPS) is 11.6. The van der Waals surface area contributed by atoms with Gasteiger partial charge in [-0.25, -0.2) is 4.98 Å². The molecule has 0 atom stereocenters. The number of rotatable bonds is 5. The van der Waals surface area contributed by atoms with Gasteiger partial charge >= 0.3 is 6.18 Å². The summed E-state index contributed by atoms with van der Waals surface area (Å²) in [5.41, 5.74) is 1.67. The Hall–Kier alpha value is -1.69. The molecule has 2 rings (SSSR count). The van der Waals surface area contributed by atoms with E-state index in [1.54, 1.807) is 0 Å². The van der Waals surface area contributed by atoms with Gasteiger partial charge in [-0.05, 0) is 0 Å². The van der Waals surface area contributed by atoms with E-state index in [0.29, 0.717) is 5.01 Å². The fourth-order valence-corrected chi connectivity index (χ4v) is 2.50. The van der Waals surface area contributed by atoms with Gasteiger partial charge in [-0.3, -0.25) is 4.79 Å². The van der Waals surface area contributed by atoms with Crippen molar-refractivity contribution in [3.05, 3.63) is 40.7 Å². The van der Waals surface area contributed by atoms with Gasteiger partial charge in [0.1, 0.15) is 10.8 Å². The molecule has 1 aromatic carbocycles. The van der Waals surface area contributed by atoms with E-state index in [-0.39, 0.29) is 6.42 Å². The fraction of sp³-hybridized carbons (Fsp3) is 0.286. The number of carbonyl (C=O) groups is 1. The Kier molecular flexibility index (Phi) is 4.54. The second kappa shape index (κ2) is 6.17. The van der Waals surface area contributed by atoms with E-state index in [4.69, 9.17) is 0 Å². The molecule has 1 aromatic heterocycles. The summed E-state index contributed by atoms with van der Waals surface area (Å²) in [6, 6.07) is 9.43. The van der Waals surface area contributed by atoms with Crippen molar-refractivity contribution < 1.29 is 18.0 Å². The van der Waals surface area contributed by atoms with Crippen LogP contribution in [0.1, 0.15) is 17.8 Å². The molecule has 0 aliphatic rings. The monoisotopic (exact) mass is 299 g/mol. The Morgan fingerprint density at radius 1 is 1.20 bits per heavy atom. The quantitative estimate of drug-likeness (QED) is 0.825. The average Bonchev–Trinajstić information content (AvgIpc) is 2.85. The third kappa shape index (κ3) is 4.45. The molecule has 0 N–H and O–H groups in total. The first kappa shape index (κ1) is 14.7. The summed E-state index contributed by atoms with van der Waals surface area (Å²) in [5.74, 6) is -0.434. The molecular weight excluding hydrogens is 287 g/mol. The Balaban J connectivity index is 1.95. The first-order valence-corrected chi connectivity index (χ1v) is 6.90. The smallest absolute Gasteiger partial charge is 0.299 e. The van der Waals surface area contributed by atoms with Crippen LogP contribution in [0.4, 0.5) is 13.2 Å². The molecule has 0 saturated heterocycles. The lowest BCUT2D eigenvalue weighted by Gasteiger charge is -2.04. The van der Waals surface area contributed by atoms with Crippen molar-refractivity contribution in [3.8, 4) is 11.3 Å². The third-order valence-corrected chi connectivity index (χ3v) is 3.51. The molecular formula is C14H12F3NOS. The van der Waals surface area contributed by atoms with Gasteiger partial charge in [-0.15, -0.1) is 11.3 Å². The molecule has 20 heavy (non-hydrogen) atoms. The van der Waals surface area contributed by atoms with Crippen LogP contribution in [0.2, 0.25) is 0 Å². The molecule has 0 aliphatic carbocycles. The number of thiazole rings is 1. The summed E-state index contributed by atoms with van der Waals surface area (Å²) >= 11 is 1.29. The number of Topliss-reactive ketones (excluding diaryl/α,β-unsaturated/α-hetero) is 1. The van der Waals surface area contributed by atoms with E-state index in [1.165, 1.54) is 11.3 Å². The maximum atomic E-state index is 12.0. The number of hydrogen-bond acceptors (Lipinski definition) is 3. The van der Waals surface area contributed by atoms with Gasteiger partial charge < -0.3 is 0 Å². The number of aromatic nitrogens is 1. The maximum absolute atomic E-state index is 12.0. The zero-order valence-corrected chi connectivity index (χ0v) is 11.3. The minimum Gasteiger partial charge on any atom is -0.299 e. The highest BCUT2D eigenvalue weighted by Gasteiger charge is 2.27. The van der Waals surface area contributed by atoms with E-state index in [0.717, 1.165) is 11.3 Å². The standard InChI is InChI=1S/C14H12F3NOS/c15-14(16,17)7-6-11(19)8-13-18-12(9-20-13)10-4-2-1-3-5-10/h1-5,9H,6-8H2. The van der Waals surface area contributed by atoms with E-state index in [1.807, 2.05) is 35.7 Å². The van der Waals surface area contributed by atoms with E-state index < -0.39 is 24.8 Å². The Morgan fingerprint density at radius 2 is 1.90 bits per heavy atom. The Bertz CT molecular complexity index is 578. The van der Waals surface area contributed by atoms with Crippen molar-refractivity contribution in [1.29, 1.82) is 0 Å². The van der Waals surface area contributed by atoms with Crippen LogP contribution >= 0.6 is 11.3 Å². The van der Waals surface area contributed by atoms with E-state index >= 15 is 0 Å². The highest BCUT2D eigenvalue weighted by atomic mass is 32.1. The van der Waals surface area contributed by atoms with Crippen LogP contribution < -0.4 is 0 Å².